The lowest BCUT2D eigenvalue weighted by Gasteiger charge is -2.26. The summed E-state index contributed by atoms with van der Waals surface area (Å²) in [6.07, 6.45) is 0.781. The van der Waals surface area contributed by atoms with Gasteiger partial charge < -0.3 is 0 Å². The molecule has 6 nitrogen and oxygen atoms in total. The van der Waals surface area contributed by atoms with E-state index in [1.54, 1.807) is 0 Å². The third-order valence-electron chi connectivity index (χ3n) is 6.30. The van der Waals surface area contributed by atoms with Gasteiger partial charge >= 0.3 is 0 Å². The van der Waals surface area contributed by atoms with Crippen molar-refractivity contribution in [1.82, 2.24) is 9.44 Å². The molecular formula is C23H32N2O4S2. The van der Waals surface area contributed by atoms with Crippen molar-refractivity contribution >= 4 is 22.5 Å². The molecule has 0 radical (unpaired) electrons. The van der Waals surface area contributed by atoms with Crippen molar-refractivity contribution < 1.29 is 17.5 Å². The molecule has 0 spiro atoms. The SMILES string of the molecule is Cc1cc(C)c(C(NS(=O)O)C2CC2C(NS(=O)O)c2c(C)cc(C)cc2C)c(C)c1. The van der Waals surface area contributed by atoms with E-state index in [4.69, 9.17) is 0 Å². The molecule has 1 aliphatic carbocycles. The van der Waals surface area contributed by atoms with Crippen LogP contribution in [-0.2, 0) is 22.5 Å². The summed E-state index contributed by atoms with van der Waals surface area (Å²) < 4.78 is 48.6. The Kier molecular flexibility index (Phi) is 7.50. The van der Waals surface area contributed by atoms with Crippen LogP contribution in [-0.4, -0.2) is 17.5 Å². The van der Waals surface area contributed by atoms with Gasteiger partial charge in [-0.2, -0.15) is 0 Å². The quantitative estimate of drug-likeness (QED) is 0.435. The Balaban J connectivity index is 2.01. The molecule has 170 valence electrons. The van der Waals surface area contributed by atoms with Crippen LogP contribution < -0.4 is 9.44 Å². The maximum atomic E-state index is 11.8. The predicted molar refractivity (Wildman–Crippen MR) is 126 cm³/mol. The van der Waals surface area contributed by atoms with Gasteiger partial charge in [0.2, 0.25) is 22.5 Å². The Hall–Kier alpha value is -1.42. The Bertz CT molecular complexity index is 913. The Morgan fingerprint density at radius 1 is 0.710 bits per heavy atom. The van der Waals surface area contributed by atoms with Crippen LogP contribution in [0.3, 0.4) is 0 Å². The number of benzene rings is 2. The molecular weight excluding hydrogens is 432 g/mol. The molecule has 0 heterocycles. The Morgan fingerprint density at radius 2 is 1.00 bits per heavy atom. The average molecular weight is 465 g/mol. The highest BCUT2D eigenvalue weighted by Gasteiger charge is 2.50. The zero-order valence-corrected chi connectivity index (χ0v) is 20.5. The summed E-state index contributed by atoms with van der Waals surface area (Å²) in [7, 11) is 0. The van der Waals surface area contributed by atoms with Crippen LogP contribution in [0, 0.1) is 53.4 Å². The lowest BCUT2D eigenvalue weighted by molar-refractivity contribution is 0.443. The first-order chi connectivity index (χ1) is 14.5. The van der Waals surface area contributed by atoms with Gasteiger partial charge in [-0.15, -0.1) is 0 Å². The van der Waals surface area contributed by atoms with Crippen LogP contribution in [0.1, 0.15) is 63.0 Å². The molecule has 0 aliphatic heterocycles. The van der Waals surface area contributed by atoms with Gasteiger partial charge in [-0.05, 0) is 93.2 Å². The van der Waals surface area contributed by atoms with Crippen LogP contribution >= 0.6 is 0 Å². The van der Waals surface area contributed by atoms with E-state index in [0.29, 0.717) is 0 Å². The van der Waals surface area contributed by atoms with E-state index < -0.39 is 22.5 Å². The predicted octanol–water partition coefficient (Wildman–Crippen LogP) is 4.41. The monoisotopic (exact) mass is 464 g/mol. The van der Waals surface area contributed by atoms with Crippen LogP contribution in [0.15, 0.2) is 24.3 Å². The molecule has 1 aliphatic rings. The van der Waals surface area contributed by atoms with E-state index in [2.05, 4.69) is 33.7 Å². The summed E-state index contributed by atoms with van der Waals surface area (Å²) in [6.45, 7) is 12.2. The normalized spacial score (nSPS) is 22.1. The van der Waals surface area contributed by atoms with Gasteiger partial charge in [-0.3, -0.25) is 9.11 Å². The highest BCUT2D eigenvalue weighted by Crippen LogP contribution is 2.55. The molecule has 0 amide bonds. The van der Waals surface area contributed by atoms with Crippen molar-refractivity contribution in [2.45, 2.75) is 60.0 Å². The molecule has 1 saturated carbocycles. The summed E-state index contributed by atoms with van der Waals surface area (Å²) in [4.78, 5) is 0. The molecule has 1 fully saturated rings. The number of hydrogen-bond acceptors (Lipinski definition) is 2. The van der Waals surface area contributed by atoms with E-state index in [9.17, 15) is 17.5 Å². The van der Waals surface area contributed by atoms with Crippen LogP contribution in [0.5, 0.6) is 0 Å². The molecule has 2 aromatic rings. The van der Waals surface area contributed by atoms with E-state index in [-0.39, 0.29) is 23.9 Å². The smallest absolute Gasteiger partial charge is 0.232 e. The van der Waals surface area contributed by atoms with Crippen LogP contribution in [0.2, 0.25) is 0 Å². The number of aryl methyl sites for hydroxylation is 6. The second kappa shape index (κ2) is 9.60. The first kappa shape index (κ1) is 24.2. The number of rotatable bonds is 8. The Morgan fingerprint density at radius 3 is 1.26 bits per heavy atom. The molecule has 31 heavy (non-hydrogen) atoms. The lowest BCUT2D eigenvalue weighted by Crippen LogP contribution is -2.31. The first-order valence-electron chi connectivity index (χ1n) is 10.4. The molecule has 0 saturated heterocycles. The van der Waals surface area contributed by atoms with Gasteiger partial charge in [0.15, 0.2) is 0 Å². The first-order valence-corrected chi connectivity index (χ1v) is 12.6. The largest absolute Gasteiger partial charge is 0.294 e. The minimum absolute atomic E-state index is 0.0531. The zero-order valence-electron chi connectivity index (χ0n) is 18.9. The third kappa shape index (κ3) is 5.50. The molecule has 4 N–H and O–H groups in total. The van der Waals surface area contributed by atoms with Crippen molar-refractivity contribution in [3.8, 4) is 0 Å². The highest BCUT2D eigenvalue weighted by atomic mass is 32.2. The summed E-state index contributed by atoms with van der Waals surface area (Å²) >= 11 is -4.35. The molecule has 2 aromatic carbocycles. The molecule has 8 heteroatoms. The van der Waals surface area contributed by atoms with Crippen molar-refractivity contribution in [2.75, 3.05) is 0 Å². The van der Waals surface area contributed by atoms with Crippen molar-refractivity contribution in [2.24, 2.45) is 11.8 Å². The molecule has 3 rings (SSSR count). The molecule has 0 aromatic heterocycles. The van der Waals surface area contributed by atoms with E-state index in [1.807, 2.05) is 41.5 Å². The highest BCUT2D eigenvalue weighted by molar-refractivity contribution is 7.77. The van der Waals surface area contributed by atoms with Gasteiger partial charge in [-0.1, -0.05) is 35.4 Å². The fraction of sp³-hybridized carbons (Fsp3) is 0.478. The maximum Gasteiger partial charge on any atom is 0.232 e. The van der Waals surface area contributed by atoms with Gasteiger partial charge in [0.25, 0.3) is 0 Å². The lowest BCUT2D eigenvalue weighted by atomic mass is 9.88. The fourth-order valence-corrected chi connectivity index (χ4v) is 6.32. The standard InChI is InChI=1S/C23H32N2O4S2/c1-12-7-14(3)20(15(4)8-12)22(24-30(26)27)18-11-19(18)23(25-31(28)29)21-16(5)9-13(2)10-17(21)6/h7-10,18-19,22-25H,11H2,1-6H3,(H,26,27)(H,28,29). The van der Waals surface area contributed by atoms with E-state index in [0.717, 1.165) is 50.9 Å². The number of nitrogens with one attached hydrogen (secondary N) is 2. The minimum Gasteiger partial charge on any atom is -0.294 e. The van der Waals surface area contributed by atoms with E-state index >= 15 is 0 Å². The van der Waals surface area contributed by atoms with Gasteiger partial charge in [0.05, 0.1) is 12.1 Å². The second-order valence-electron chi connectivity index (χ2n) is 8.88. The van der Waals surface area contributed by atoms with Crippen molar-refractivity contribution in [3.05, 3.63) is 68.8 Å². The Labute approximate surface area is 190 Å². The fourth-order valence-electron chi connectivity index (χ4n) is 5.30. The van der Waals surface area contributed by atoms with Gasteiger partial charge in [0.1, 0.15) is 0 Å². The summed E-state index contributed by atoms with van der Waals surface area (Å²) in [5, 5.41) is 0. The molecule has 0 bridgehead atoms. The number of hydrogen-bond donors (Lipinski definition) is 4. The van der Waals surface area contributed by atoms with Crippen molar-refractivity contribution in [3.63, 3.8) is 0 Å². The third-order valence-corrected chi connectivity index (χ3v) is 7.21. The van der Waals surface area contributed by atoms with Crippen LogP contribution in [0.4, 0.5) is 0 Å². The minimum atomic E-state index is -2.17. The maximum absolute atomic E-state index is 11.8. The summed E-state index contributed by atoms with van der Waals surface area (Å²) in [5.74, 6) is 0.106. The molecule has 6 atom stereocenters. The second-order valence-corrected chi connectivity index (χ2v) is 10.3. The topological polar surface area (TPSA) is 98.7 Å². The zero-order chi connectivity index (χ0) is 23.0. The van der Waals surface area contributed by atoms with Gasteiger partial charge in [0, 0.05) is 0 Å². The molecule has 6 unspecified atom stereocenters. The average Bonchev–Trinajstić information content (AvgIpc) is 3.38. The van der Waals surface area contributed by atoms with Gasteiger partial charge in [-0.25, -0.2) is 17.9 Å². The van der Waals surface area contributed by atoms with Crippen LogP contribution in [0.25, 0.3) is 0 Å². The summed E-state index contributed by atoms with van der Waals surface area (Å²) in [6, 6.07) is 7.70. The van der Waals surface area contributed by atoms with E-state index in [1.165, 1.54) is 0 Å². The van der Waals surface area contributed by atoms with Crippen molar-refractivity contribution in [1.29, 1.82) is 0 Å². The summed E-state index contributed by atoms with van der Waals surface area (Å²) in [5.41, 5.74) is 8.65.